The van der Waals surface area contributed by atoms with Gasteiger partial charge in [-0.05, 0) is 43.9 Å². The third-order valence-corrected chi connectivity index (χ3v) is 5.69. The Morgan fingerprint density at radius 1 is 1.38 bits per heavy atom. The van der Waals surface area contributed by atoms with Gasteiger partial charge in [-0.2, -0.15) is 0 Å². The summed E-state index contributed by atoms with van der Waals surface area (Å²) in [5.74, 6) is 2.52. The molecule has 0 bridgehead atoms. The fraction of sp³-hybridized carbons (Fsp3) is 0.812. The second-order valence-electron chi connectivity index (χ2n) is 7.27. The standard InChI is InChI=1S/C16H27N5O2.HI/c1-10-8-11(10)9-18-14(17-3)21-6-4-12(5-7-21)16(2)13(22)19-15(23)20-16;/h10-12H,4-9H2,1-3H3,(H,17,18)(H2,19,20,22,23);1H. The van der Waals surface area contributed by atoms with E-state index in [0.29, 0.717) is 0 Å². The van der Waals surface area contributed by atoms with Crippen molar-refractivity contribution in [1.29, 1.82) is 0 Å². The second kappa shape index (κ2) is 7.45. The number of hydrogen-bond donors (Lipinski definition) is 3. The van der Waals surface area contributed by atoms with E-state index in [9.17, 15) is 9.59 Å². The van der Waals surface area contributed by atoms with E-state index in [-0.39, 0.29) is 41.8 Å². The lowest BCUT2D eigenvalue weighted by Gasteiger charge is -2.39. The summed E-state index contributed by atoms with van der Waals surface area (Å²) in [5, 5.41) is 8.62. The van der Waals surface area contributed by atoms with Crippen LogP contribution >= 0.6 is 24.0 Å². The molecule has 2 saturated heterocycles. The molecule has 0 aromatic rings. The fourth-order valence-corrected chi connectivity index (χ4v) is 3.75. The summed E-state index contributed by atoms with van der Waals surface area (Å²) < 4.78 is 0. The zero-order valence-electron chi connectivity index (χ0n) is 14.6. The third kappa shape index (κ3) is 3.78. The van der Waals surface area contributed by atoms with Crippen LogP contribution in [0, 0.1) is 17.8 Å². The van der Waals surface area contributed by atoms with Crippen LogP contribution in [0.3, 0.4) is 0 Å². The second-order valence-corrected chi connectivity index (χ2v) is 7.27. The maximum Gasteiger partial charge on any atom is 0.322 e. The number of likely N-dealkylation sites (tertiary alicyclic amines) is 1. The molecule has 1 aliphatic carbocycles. The first-order chi connectivity index (χ1) is 10.9. The van der Waals surface area contributed by atoms with Gasteiger partial charge in [0.25, 0.3) is 5.91 Å². The Labute approximate surface area is 160 Å². The summed E-state index contributed by atoms with van der Waals surface area (Å²) in [4.78, 5) is 30.1. The van der Waals surface area contributed by atoms with Gasteiger partial charge >= 0.3 is 6.03 Å². The van der Waals surface area contributed by atoms with Gasteiger partial charge in [0.1, 0.15) is 5.54 Å². The maximum absolute atomic E-state index is 12.0. The van der Waals surface area contributed by atoms with Crippen LogP contribution in [-0.2, 0) is 4.79 Å². The van der Waals surface area contributed by atoms with Crippen molar-refractivity contribution < 1.29 is 9.59 Å². The average molecular weight is 449 g/mol. The minimum absolute atomic E-state index is 0. The molecule has 3 aliphatic rings. The van der Waals surface area contributed by atoms with Crippen LogP contribution < -0.4 is 16.0 Å². The Hall–Kier alpha value is -1.06. The molecule has 3 amide bonds. The number of rotatable bonds is 3. The molecule has 3 unspecified atom stereocenters. The number of piperidine rings is 1. The van der Waals surface area contributed by atoms with Crippen LogP contribution in [0.25, 0.3) is 0 Å². The van der Waals surface area contributed by atoms with Crippen LogP contribution in [0.1, 0.15) is 33.1 Å². The van der Waals surface area contributed by atoms with E-state index in [1.807, 2.05) is 14.0 Å². The molecular formula is C16H28IN5O2. The summed E-state index contributed by atoms with van der Waals surface area (Å²) in [7, 11) is 1.82. The number of urea groups is 1. The van der Waals surface area contributed by atoms with Gasteiger partial charge in [0.05, 0.1) is 0 Å². The minimum atomic E-state index is -0.774. The molecule has 2 aliphatic heterocycles. The quantitative estimate of drug-likeness (QED) is 0.261. The van der Waals surface area contributed by atoms with Crippen LogP contribution in [0.5, 0.6) is 0 Å². The highest BCUT2D eigenvalue weighted by Gasteiger charge is 2.48. The first-order valence-electron chi connectivity index (χ1n) is 8.53. The number of imide groups is 1. The minimum Gasteiger partial charge on any atom is -0.356 e. The number of guanidine groups is 1. The van der Waals surface area contributed by atoms with E-state index >= 15 is 0 Å². The summed E-state index contributed by atoms with van der Waals surface area (Å²) in [6.07, 6.45) is 3.04. The number of nitrogens with one attached hydrogen (secondary N) is 3. The number of carbonyl (C=O) groups is 2. The molecule has 0 radical (unpaired) electrons. The zero-order valence-corrected chi connectivity index (χ0v) is 16.9. The van der Waals surface area contributed by atoms with Gasteiger partial charge in [-0.3, -0.25) is 15.1 Å². The molecule has 24 heavy (non-hydrogen) atoms. The van der Waals surface area contributed by atoms with Crippen LogP contribution in [-0.4, -0.2) is 55.0 Å². The molecule has 0 aromatic heterocycles. The Morgan fingerprint density at radius 3 is 2.46 bits per heavy atom. The summed E-state index contributed by atoms with van der Waals surface area (Å²) in [6.45, 7) is 6.80. The number of hydrogen-bond acceptors (Lipinski definition) is 3. The SMILES string of the molecule is CN=C(NCC1CC1C)N1CCC(C2(C)NC(=O)NC2=O)CC1.I. The molecule has 8 heteroatoms. The van der Waals surface area contributed by atoms with Crippen molar-refractivity contribution in [3.8, 4) is 0 Å². The van der Waals surface area contributed by atoms with Gasteiger partial charge in [-0.25, -0.2) is 4.79 Å². The predicted octanol–water partition coefficient (Wildman–Crippen LogP) is 1.15. The van der Waals surface area contributed by atoms with Crippen molar-refractivity contribution in [2.75, 3.05) is 26.7 Å². The van der Waals surface area contributed by atoms with Crippen molar-refractivity contribution in [3.63, 3.8) is 0 Å². The Kier molecular flexibility index (Phi) is 5.98. The number of carbonyl (C=O) groups excluding carboxylic acids is 2. The van der Waals surface area contributed by atoms with Crippen molar-refractivity contribution in [2.24, 2.45) is 22.7 Å². The average Bonchev–Trinajstić information content (AvgIpc) is 3.16. The number of nitrogens with zero attached hydrogens (tertiary/aromatic N) is 2. The van der Waals surface area contributed by atoms with Crippen molar-refractivity contribution >= 4 is 41.9 Å². The third-order valence-electron chi connectivity index (χ3n) is 5.69. The summed E-state index contributed by atoms with van der Waals surface area (Å²) in [6, 6.07) is -0.379. The van der Waals surface area contributed by atoms with Crippen molar-refractivity contribution in [1.82, 2.24) is 20.9 Å². The molecule has 136 valence electrons. The topological polar surface area (TPSA) is 85.8 Å². The fourth-order valence-electron chi connectivity index (χ4n) is 3.75. The van der Waals surface area contributed by atoms with Crippen LogP contribution in [0.4, 0.5) is 4.79 Å². The molecule has 1 saturated carbocycles. The molecule has 2 heterocycles. The lowest BCUT2D eigenvalue weighted by atomic mass is 9.79. The molecule has 0 spiro atoms. The van der Waals surface area contributed by atoms with Crippen molar-refractivity contribution in [3.05, 3.63) is 0 Å². The normalized spacial score (nSPS) is 33.6. The van der Waals surface area contributed by atoms with Crippen LogP contribution in [0.15, 0.2) is 4.99 Å². The largest absolute Gasteiger partial charge is 0.356 e. The lowest BCUT2D eigenvalue weighted by molar-refractivity contribution is -0.125. The van der Waals surface area contributed by atoms with E-state index < -0.39 is 5.54 Å². The lowest BCUT2D eigenvalue weighted by Crippen LogP contribution is -2.55. The van der Waals surface area contributed by atoms with E-state index in [4.69, 9.17) is 0 Å². The van der Waals surface area contributed by atoms with E-state index in [1.165, 1.54) is 6.42 Å². The Bertz CT molecular complexity index is 533. The van der Waals surface area contributed by atoms with Gasteiger partial charge in [-0.1, -0.05) is 6.92 Å². The van der Waals surface area contributed by atoms with E-state index in [2.05, 4.69) is 32.8 Å². The maximum atomic E-state index is 12.0. The van der Waals surface area contributed by atoms with E-state index in [0.717, 1.165) is 50.3 Å². The number of halogens is 1. The summed E-state index contributed by atoms with van der Waals surface area (Å²) in [5.41, 5.74) is -0.774. The molecule has 3 N–H and O–H groups in total. The molecule has 7 nitrogen and oxygen atoms in total. The highest BCUT2D eigenvalue weighted by molar-refractivity contribution is 14.0. The Morgan fingerprint density at radius 2 is 2.00 bits per heavy atom. The molecular weight excluding hydrogens is 421 g/mol. The van der Waals surface area contributed by atoms with Crippen LogP contribution in [0.2, 0.25) is 0 Å². The first-order valence-corrected chi connectivity index (χ1v) is 8.53. The molecule has 3 atom stereocenters. The van der Waals surface area contributed by atoms with E-state index in [1.54, 1.807) is 0 Å². The first kappa shape index (κ1) is 19.3. The summed E-state index contributed by atoms with van der Waals surface area (Å²) >= 11 is 0. The van der Waals surface area contributed by atoms with Gasteiger partial charge in [-0.15, -0.1) is 24.0 Å². The zero-order chi connectivity index (χ0) is 16.6. The Balaban J connectivity index is 0.00000208. The number of amides is 3. The predicted molar refractivity (Wildman–Crippen MR) is 103 cm³/mol. The van der Waals surface area contributed by atoms with Gasteiger partial charge < -0.3 is 15.5 Å². The highest BCUT2D eigenvalue weighted by atomic mass is 127. The highest BCUT2D eigenvalue weighted by Crippen LogP contribution is 2.37. The molecule has 0 aromatic carbocycles. The monoisotopic (exact) mass is 449 g/mol. The smallest absolute Gasteiger partial charge is 0.322 e. The van der Waals surface area contributed by atoms with Gasteiger partial charge in [0, 0.05) is 26.7 Å². The number of aliphatic imine (C=N–C) groups is 1. The molecule has 3 fully saturated rings. The van der Waals surface area contributed by atoms with Crippen molar-refractivity contribution in [2.45, 2.75) is 38.6 Å². The van der Waals surface area contributed by atoms with Gasteiger partial charge in [0.2, 0.25) is 0 Å². The van der Waals surface area contributed by atoms with Gasteiger partial charge in [0.15, 0.2) is 5.96 Å². The molecule has 3 rings (SSSR count).